The zero-order valence-corrected chi connectivity index (χ0v) is 11.6. The summed E-state index contributed by atoms with van der Waals surface area (Å²) >= 11 is 0. The quantitative estimate of drug-likeness (QED) is 0.667. The van der Waals surface area contributed by atoms with Crippen LogP contribution in [0.5, 0.6) is 17.2 Å². The second-order valence-corrected chi connectivity index (χ2v) is 4.53. The van der Waals surface area contributed by atoms with Gasteiger partial charge in [-0.25, -0.2) is 0 Å². The average Bonchev–Trinajstić information content (AvgIpc) is 2.48. The minimum atomic E-state index is -0.208. The monoisotopic (exact) mass is 286 g/mol. The lowest BCUT2D eigenvalue weighted by Gasteiger charge is -2.12. The maximum atomic E-state index is 11.6. The highest BCUT2D eigenvalue weighted by atomic mass is 16.5. The Morgan fingerprint density at radius 1 is 1.14 bits per heavy atom. The second kappa shape index (κ2) is 5.66. The molecule has 2 aromatic rings. The lowest BCUT2D eigenvalue weighted by molar-refractivity contribution is 0.101. The molecule has 2 N–H and O–H groups in total. The van der Waals surface area contributed by atoms with E-state index in [1.54, 1.807) is 0 Å². The van der Waals surface area contributed by atoms with Crippen molar-refractivity contribution in [1.82, 2.24) is 0 Å². The molecule has 0 aliphatic heterocycles. The number of methoxy groups -OCH3 is 1. The van der Waals surface area contributed by atoms with Crippen molar-refractivity contribution in [3.63, 3.8) is 0 Å². The predicted octanol–water partition coefficient (Wildman–Crippen LogP) is 2.79. The van der Waals surface area contributed by atoms with Gasteiger partial charge in [0.2, 0.25) is 0 Å². The van der Waals surface area contributed by atoms with Gasteiger partial charge in [-0.1, -0.05) is 0 Å². The van der Waals surface area contributed by atoms with Crippen molar-refractivity contribution in [3.8, 4) is 28.4 Å². The summed E-state index contributed by atoms with van der Waals surface area (Å²) in [6.45, 7) is 1.39. The van der Waals surface area contributed by atoms with Gasteiger partial charge >= 0.3 is 0 Å². The van der Waals surface area contributed by atoms with Gasteiger partial charge in [-0.05, 0) is 37.3 Å². The highest BCUT2D eigenvalue weighted by Gasteiger charge is 2.17. The average molecular weight is 286 g/mol. The predicted molar refractivity (Wildman–Crippen MR) is 77.2 cm³/mol. The summed E-state index contributed by atoms with van der Waals surface area (Å²) in [4.78, 5) is 22.4. The number of ether oxygens (including phenoxy) is 1. The van der Waals surface area contributed by atoms with Crippen LogP contribution >= 0.6 is 0 Å². The Balaban J connectivity index is 2.76. The SMILES string of the molecule is COc1cc(C(C)=O)cc(-c2cc(C=O)ccc2O)c1O. The molecule has 5 heteroatoms. The third-order valence-electron chi connectivity index (χ3n) is 3.15. The molecule has 2 rings (SSSR count). The summed E-state index contributed by atoms with van der Waals surface area (Å²) in [6.07, 6.45) is 0.631. The molecule has 0 saturated heterocycles. The molecule has 0 amide bonds. The van der Waals surface area contributed by atoms with Crippen molar-refractivity contribution in [1.29, 1.82) is 0 Å². The molecule has 0 heterocycles. The zero-order chi connectivity index (χ0) is 15.6. The molecule has 0 spiro atoms. The lowest BCUT2D eigenvalue weighted by Crippen LogP contribution is -1.96. The van der Waals surface area contributed by atoms with E-state index in [4.69, 9.17) is 4.74 Å². The van der Waals surface area contributed by atoms with Crippen LogP contribution in [0, 0.1) is 0 Å². The summed E-state index contributed by atoms with van der Waals surface area (Å²) in [5.74, 6) is -0.409. The zero-order valence-electron chi connectivity index (χ0n) is 11.6. The van der Waals surface area contributed by atoms with Gasteiger partial charge in [0.25, 0.3) is 0 Å². The van der Waals surface area contributed by atoms with Crippen LogP contribution in [0.3, 0.4) is 0 Å². The third kappa shape index (κ3) is 2.72. The number of aromatic hydroxyl groups is 2. The fraction of sp³-hybridized carbons (Fsp3) is 0.125. The van der Waals surface area contributed by atoms with E-state index in [0.717, 1.165) is 0 Å². The van der Waals surface area contributed by atoms with Crippen molar-refractivity contribution in [3.05, 3.63) is 41.5 Å². The van der Waals surface area contributed by atoms with Crippen LogP contribution in [0.2, 0.25) is 0 Å². The van der Waals surface area contributed by atoms with Crippen molar-refractivity contribution in [2.75, 3.05) is 7.11 Å². The van der Waals surface area contributed by atoms with E-state index in [-0.39, 0.29) is 34.2 Å². The number of hydrogen-bond acceptors (Lipinski definition) is 5. The topological polar surface area (TPSA) is 83.8 Å². The van der Waals surface area contributed by atoms with E-state index in [0.29, 0.717) is 17.4 Å². The van der Waals surface area contributed by atoms with Crippen LogP contribution in [0.1, 0.15) is 27.6 Å². The minimum Gasteiger partial charge on any atom is -0.507 e. The Morgan fingerprint density at radius 3 is 2.43 bits per heavy atom. The van der Waals surface area contributed by atoms with Gasteiger partial charge in [-0.15, -0.1) is 0 Å². The van der Waals surface area contributed by atoms with Crippen LogP contribution in [0.25, 0.3) is 11.1 Å². The van der Waals surface area contributed by atoms with Gasteiger partial charge in [0.15, 0.2) is 17.3 Å². The molecule has 0 aromatic heterocycles. The Hall–Kier alpha value is -2.82. The highest BCUT2D eigenvalue weighted by Crippen LogP contribution is 2.42. The lowest BCUT2D eigenvalue weighted by atomic mass is 9.97. The van der Waals surface area contributed by atoms with Crippen LogP contribution in [-0.4, -0.2) is 29.4 Å². The van der Waals surface area contributed by atoms with Crippen LogP contribution in [0.4, 0.5) is 0 Å². The van der Waals surface area contributed by atoms with Gasteiger partial charge in [0, 0.05) is 22.3 Å². The number of phenols is 2. The van der Waals surface area contributed by atoms with E-state index in [1.165, 1.54) is 44.4 Å². The molecule has 2 aromatic carbocycles. The van der Waals surface area contributed by atoms with Crippen LogP contribution < -0.4 is 4.74 Å². The van der Waals surface area contributed by atoms with Gasteiger partial charge in [-0.3, -0.25) is 9.59 Å². The minimum absolute atomic E-state index is 0.112. The number of aldehydes is 1. The van der Waals surface area contributed by atoms with Crippen molar-refractivity contribution in [2.24, 2.45) is 0 Å². The van der Waals surface area contributed by atoms with E-state index in [1.807, 2.05) is 0 Å². The molecule has 108 valence electrons. The first-order chi connectivity index (χ1) is 9.97. The summed E-state index contributed by atoms with van der Waals surface area (Å²) in [5, 5.41) is 20.1. The molecule has 0 radical (unpaired) electrons. The second-order valence-electron chi connectivity index (χ2n) is 4.53. The molecule has 0 unspecified atom stereocenters. The first-order valence-corrected chi connectivity index (χ1v) is 6.18. The molecule has 0 aliphatic carbocycles. The first-order valence-electron chi connectivity index (χ1n) is 6.18. The molecule has 0 saturated carbocycles. The molecule has 21 heavy (non-hydrogen) atoms. The molecule has 5 nitrogen and oxygen atoms in total. The summed E-state index contributed by atoms with van der Waals surface area (Å²) in [5.41, 5.74) is 1.14. The largest absolute Gasteiger partial charge is 0.507 e. The fourth-order valence-corrected chi connectivity index (χ4v) is 2.01. The van der Waals surface area contributed by atoms with Gasteiger partial charge in [-0.2, -0.15) is 0 Å². The number of carbonyl (C=O) groups is 2. The number of ketones is 1. The maximum absolute atomic E-state index is 11.6. The van der Waals surface area contributed by atoms with Gasteiger partial charge < -0.3 is 14.9 Å². The van der Waals surface area contributed by atoms with E-state index >= 15 is 0 Å². The number of phenolic OH excluding ortho intramolecular Hbond substituents is 2. The normalized spacial score (nSPS) is 10.2. The van der Waals surface area contributed by atoms with Crippen LogP contribution in [-0.2, 0) is 0 Å². The Bertz CT molecular complexity index is 719. The summed E-state index contributed by atoms with van der Waals surface area (Å²) in [7, 11) is 1.37. The van der Waals surface area contributed by atoms with Crippen molar-refractivity contribution in [2.45, 2.75) is 6.92 Å². The van der Waals surface area contributed by atoms with Crippen molar-refractivity contribution >= 4 is 12.1 Å². The number of Topliss-reactive ketones (excluding diaryl/α,β-unsaturated/α-hetero) is 1. The standard InChI is InChI=1S/C16H14O5/c1-9(18)11-6-13(16(20)15(7-11)21-2)12-5-10(8-17)3-4-14(12)19/h3-8,19-20H,1-2H3. The number of rotatable bonds is 4. The van der Waals surface area contributed by atoms with Crippen molar-refractivity contribution < 1.29 is 24.5 Å². The maximum Gasteiger partial charge on any atom is 0.165 e. The summed E-state index contributed by atoms with van der Waals surface area (Å²) < 4.78 is 5.04. The molecule has 0 atom stereocenters. The number of carbonyl (C=O) groups excluding carboxylic acids is 2. The Kier molecular flexibility index (Phi) is 3.93. The van der Waals surface area contributed by atoms with Gasteiger partial charge in [0.1, 0.15) is 12.0 Å². The summed E-state index contributed by atoms with van der Waals surface area (Å²) in [6, 6.07) is 7.10. The molecular weight excluding hydrogens is 272 g/mol. The van der Waals surface area contributed by atoms with E-state index in [2.05, 4.69) is 0 Å². The number of benzene rings is 2. The van der Waals surface area contributed by atoms with E-state index in [9.17, 15) is 19.8 Å². The Morgan fingerprint density at radius 2 is 1.86 bits per heavy atom. The molecule has 0 fully saturated rings. The van der Waals surface area contributed by atoms with Gasteiger partial charge in [0.05, 0.1) is 7.11 Å². The Labute approximate surface area is 121 Å². The van der Waals surface area contributed by atoms with E-state index < -0.39 is 0 Å². The third-order valence-corrected chi connectivity index (χ3v) is 3.15. The molecular formula is C16H14O5. The smallest absolute Gasteiger partial charge is 0.165 e. The number of hydrogen-bond donors (Lipinski definition) is 2. The molecule has 0 aliphatic rings. The molecule has 0 bridgehead atoms. The first kappa shape index (κ1) is 14.6. The highest BCUT2D eigenvalue weighted by molar-refractivity contribution is 5.97. The van der Waals surface area contributed by atoms with Crippen LogP contribution in [0.15, 0.2) is 30.3 Å². The fourth-order valence-electron chi connectivity index (χ4n) is 2.01.